The van der Waals surface area contributed by atoms with Gasteiger partial charge in [0.2, 0.25) is 0 Å². The normalized spacial score (nSPS) is 10.5. The maximum atomic E-state index is 9.72. The van der Waals surface area contributed by atoms with E-state index in [1.807, 2.05) is 6.92 Å². The molecule has 0 spiro atoms. The van der Waals surface area contributed by atoms with Crippen molar-refractivity contribution in [1.82, 2.24) is 0 Å². The molecule has 0 heterocycles. The zero-order valence-electron chi connectivity index (χ0n) is 9.72. The van der Waals surface area contributed by atoms with E-state index in [-0.39, 0.29) is 5.75 Å². The first-order chi connectivity index (χ1) is 7.61. The quantitative estimate of drug-likeness (QED) is 0.782. The Morgan fingerprint density at radius 3 is 2.69 bits per heavy atom. The number of nitrogens with two attached hydrogens (primary N) is 1. The van der Waals surface area contributed by atoms with E-state index < -0.39 is 0 Å². The van der Waals surface area contributed by atoms with Gasteiger partial charge in [0.15, 0.2) is 11.5 Å². The van der Waals surface area contributed by atoms with E-state index in [1.165, 1.54) is 6.07 Å². The van der Waals surface area contributed by atoms with Crippen molar-refractivity contribution < 1.29 is 9.84 Å². The predicted molar refractivity (Wildman–Crippen MR) is 66.4 cm³/mol. The summed E-state index contributed by atoms with van der Waals surface area (Å²) < 4.78 is 5.20. The van der Waals surface area contributed by atoms with Crippen LogP contribution >= 0.6 is 11.6 Å². The van der Waals surface area contributed by atoms with Gasteiger partial charge in [0, 0.05) is 16.7 Å². The molecule has 0 saturated heterocycles. The molecule has 0 unspecified atom stereocenters. The number of phenolic OH excluding ortho intramolecular Hbond substituents is 1. The Kier molecular flexibility index (Phi) is 4.90. The number of benzene rings is 1. The summed E-state index contributed by atoms with van der Waals surface area (Å²) in [4.78, 5) is 0. The van der Waals surface area contributed by atoms with Gasteiger partial charge in [0.05, 0.1) is 7.11 Å². The van der Waals surface area contributed by atoms with Crippen LogP contribution in [0.3, 0.4) is 0 Å². The van der Waals surface area contributed by atoms with Crippen molar-refractivity contribution in [2.45, 2.75) is 26.2 Å². The second-order valence-corrected chi connectivity index (χ2v) is 4.17. The second-order valence-electron chi connectivity index (χ2n) is 3.76. The van der Waals surface area contributed by atoms with Crippen molar-refractivity contribution >= 4 is 11.6 Å². The number of methoxy groups -OCH3 is 1. The molecular weight excluding hydrogens is 226 g/mol. The average molecular weight is 244 g/mol. The lowest BCUT2D eigenvalue weighted by Gasteiger charge is -2.14. The summed E-state index contributed by atoms with van der Waals surface area (Å²) >= 11 is 6.02. The molecule has 0 amide bonds. The largest absolute Gasteiger partial charge is 0.504 e. The third-order valence-corrected chi connectivity index (χ3v) is 3.06. The first-order valence-electron chi connectivity index (χ1n) is 5.36. The monoisotopic (exact) mass is 243 g/mol. The molecule has 16 heavy (non-hydrogen) atoms. The Balaban J connectivity index is 3.02. The van der Waals surface area contributed by atoms with E-state index in [2.05, 4.69) is 0 Å². The van der Waals surface area contributed by atoms with Gasteiger partial charge in [-0.1, -0.05) is 11.6 Å². The molecule has 3 nitrogen and oxygen atoms in total. The van der Waals surface area contributed by atoms with Crippen LogP contribution in [0.2, 0.25) is 5.02 Å². The van der Waals surface area contributed by atoms with Crippen molar-refractivity contribution in [1.29, 1.82) is 0 Å². The number of unbranched alkanes of at least 4 members (excludes halogenated alkanes) is 1. The number of hydrogen-bond acceptors (Lipinski definition) is 3. The average Bonchev–Trinajstić information content (AvgIpc) is 2.25. The zero-order chi connectivity index (χ0) is 12.1. The third-order valence-electron chi connectivity index (χ3n) is 2.67. The summed E-state index contributed by atoms with van der Waals surface area (Å²) in [5, 5.41) is 10.3. The molecule has 90 valence electrons. The van der Waals surface area contributed by atoms with Gasteiger partial charge in [0.25, 0.3) is 0 Å². The maximum absolute atomic E-state index is 9.72. The Morgan fingerprint density at radius 1 is 1.44 bits per heavy atom. The van der Waals surface area contributed by atoms with E-state index in [9.17, 15) is 5.11 Å². The number of rotatable bonds is 5. The van der Waals surface area contributed by atoms with Gasteiger partial charge < -0.3 is 15.6 Å². The summed E-state index contributed by atoms with van der Waals surface area (Å²) in [6.07, 6.45) is 2.74. The Labute approximate surface area is 101 Å². The Bertz CT molecular complexity index is 367. The van der Waals surface area contributed by atoms with E-state index in [0.717, 1.165) is 30.4 Å². The maximum Gasteiger partial charge on any atom is 0.164 e. The Hall–Kier alpha value is -0.930. The molecule has 1 rings (SSSR count). The lowest BCUT2D eigenvalue weighted by Crippen LogP contribution is -2.01. The lowest BCUT2D eigenvalue weighted by molar-refractivity contribution is 0.368. The van der Waals surface area contributed by atoms with Crippen LogP contribution in [0, 0.1) is 6.92 Å². The van der Waals surface area contributed by atoms with Gasteiger partial charge in [-0.2, -0.15) is 0 Å². The van der Waals surface area contributed by atoms with Crippen LogP contribution in [0.1, 0.15) is 24.0 Å². The molecule has 0 fully saturated rings. The standard InChI is InChI=1S/C12H18ClNO2/c1-8-9(5-3-4-6-14)12(16-2)11(15)7-10(8)13/h7,15H,3-6,14H2,1-2H3. The summed E-state index contributed by atoms with van der Waals surface area (Å²) in [6.45, 7) is 2.61. The molecule has 1 aromatic rings. The summed E-state index contributed by atoms with van der Waals surface area (Å²) in [5.74, 6) is 0.625. The van der Waals surface area contributed by atoms with Crippen LogP contribution in [-0.2, 0) is 6.42 Å². The molecule has 3 N–H and O–H groups in total. The van der Waals surface area contributed by atoms with Crippen LogP contribution in [0.25, 0.3) is 0 Å². The van der Waals surface area contributed by atoms with Gasteiger partial charge in [-0.25, -0.2) is 0 Å². The summed E-state index contributed by atoms with van der Waals surface area (Å²) in [6, 6.07) is 1.52. The predicted octanol–water partition coefficient (Wildman–Crippen LogP) is 2.64. The highest BCUT2D eigenvalue weighted by molar-refractivity contribution is 6.31. The molecule has 0 bridgehead atoms. The van der Waals surface area contributed by atoms with E-state index in [0.29, 0.717) is 17.3 Å². The third kappa shape index (κ3) is 2.80. The molecule has 0 saturated carbocycles. The highest BCUT2D eigenvalue weighted by atomic mass is 35.5. The molecule has 0 aliphatic rings. The van der Waals surface area contributed by atoms with Crippen LogP contribution in [-0.4, -0.2) is 18.8 Å². The molecule has 0 aliphatic carbocycles. The van der Waals surface area contributed by atoms with Crippen LogP contribution in [0.5, 0.6) is 11.5 Å². The van der Waals surface area contributed by atoms with Gasteiger partial charge in [-0.3, -0.25) is 0 Å². The first-order valence-corrected chi connectivity index (χ1v) is 5.74. The summed E-state index contributed by atoms with van der Waals surface area (Å²) in [5.41, 5.74) is 7.39. The van der Waals surface area contributed by atoms with Gasteiger partial charge in [0.1, 0.15) is 0 Å². The fourth-order valence-corrected chi connectivity index (χ4v) is 1.96. The number of phenols is 1. The van der Waals surface area contributed by atoms with Crippen LogP contribution < -0.4 is 10.5 Å². The van der Waals surface area contributed by atoms with E-state index in [4.69, 9.17) is 22.1 Å². The van der Waals surface area contributed by atoms with Crippen molar-refractivity contribution in [2.24, 2.45) is 5.73 Å². The first kappa shape index (κ1) is 13.1. The molecule has 0 aromatic heterocycles. The Morgan fingerprint density at radius 2 is 2.12 bits per heavy atom. The van der Waals surface area contributed by atoms with Crippen LogP contribution in [0.15, 0.2) is 6.07 Å². The van der Waals surface area contributed by atoms with Crippen LogP contribution in [0.4, 0.5) is 0 Å². The smallest absolute Gasteiger partial charge is 0.164 e. The number of halogens is 1. The fourth-order valence-electron chi connectivity index (χ4n) is 1.74. The highest BCUT2D eigenvalue weighted by Crippen LogP contribution is 2.37. The van der Waals surface area contributed by atoms with Crippen molar-refractivity contribution in [3.05, 3.63) is 22.2 Å². The fraction of sp³-hybridized carbons (Fsp3) is 0.500. The zero-order valence-corrected chi connectivity index (χ0v) is 10.5. The minimum absolute atomic E-state index is 0.0980. The SMILES string of the molecule is COc1c(O)cc(Cl)c(C)c1CCCCN. The second kappa shape index (κ2) is 5.97. The van der Waals surface area contributed by atoms with E-state index in [1.54, 1.807) is 7.11 Å². The molecule has 4 heteroatoms. The topological polar surface area (TPSA) is 55.5 Å². The van der Waals surface area contributed by atoms with Gasteiger partial charge in [-0.05, 0) is 38.3 Å². The number of hydrogen-bond donors (Lipinski definition) is 2. The molecular formula is C12H18ClNO2. The number of ether oxygens (including phenoxy) is 1. The molecule has 0 atom stereocenters. The number of aromatic hydroxyl groups is 1. The van der Waals surface area contributed by atoms with E-state index >= 15 is 0 Å². The van der Waals surface area contributed by atoms with Gasteiger partial charge >= 0.3 is 0 Å². The van der Waals surface area contributed by atoms with Crippen molar-refractivity contribution in [2.75, 3.05) is 13.7 Å². The minimum Gasteiger partial charge on any atom is -0.504 e. The highest BCUT2D eigenvalue weighted by Gasteiger charge is 2.14. The molecule has 0 radical (unpaired) electrons. The summed E-state index contributed by atoms with van der Waals surface area (Å²) in [7, 11) is 1.55. The minimum atomic E-state index is 0.0980. The molecule has 0 aliphatic heterocycles. The molecule has 1 aromatic carbocycles. The van der Waals surface area contributed by atoms with Crippen molar-refractivity contribution in [3.63, 3.8) is 0 Å². The van der Waals surface area contributed by atoms with Crippen molar-refractivity contribution in [3.8, 4) is 11.5 Å². The van der Waals surface area contributed by atoms with Gasteiger partial charge in [-0.15, -0.1) is 0 Å². The lowest BCUT2D eigenvalue weighted by atomic mass is 10.0.